The van der Waals surface area contributed by atoms with E-state index in [1.54, 1.807) is 11.8 Å². The highest BCUT2D eigenvalue weighted by molar-refractivity contribution is 7.99. The Labute approximate surface area is 113 Å². The van der Waals surface area contributed by atoms with E-state index in [0.717, 1.165) is 35.1 Å². The minimum Gasteiger partial charge on any atom is -0.313 e. The van der Waals surface area contributed by atoms with Gasteiger partial charge in [-0.05, 0) is 39.2 Å². The van der Waals surface area contributed by atoms with Gasteiger partial charge in [0, 0.05) is 17.1 Å². The van der Waals surface area contributed by atoms with Crippen molar-refractivity contribution in [3.8, 4) is 6.07 Å². The Morgan fingerprint density at radius 1 is 1.39 bits per heavy atom. The fourth-order valence-electron chi connectivity index (χ4n) is 1.62. The highest BCUT2D eigenvalue weighted by Crippen LogP contribution is 2.19. The second kappa shape index (κ2) is 6.72. The molecule has 1 rings (SSSR count). The molecule has 0 radical (unpaired) electrons. The lowest BCUT2D eigenvalue weighted by molar-refractivity contribution is 0.478. The summed E-state index contributed by atoms with van der Waals surface area (Å²) in [6.07, 6.45) is 2.31. The molecule has 18 heavy (non-hydrogen) atoms. The van der Waals surface area contributed by atoms with Crippen LogP contribution in [0.1, 0.15) is 37.6 Å². The van der Waals surface area contributed by atoms with Crippen LogP contribution in [0.25, 0.3) is 0 Å². The fraction of sp³-hybridized carbons (Fsp3) is 0.615. The van der Waals surface area contributed by atoms with Crippen LogP contribution in [-0.2, 0) is 0 Å². The van der Waals surface area contributed by atoms with Gasteiger partial charge < -0.3 is 5.73 Å². The topological polar surface area (TPSA) is 75.6 Å². The van der Waals surface area contributed by atoms with E-state index in [0.29, 0.717) is 6.42 Å². The Balaban J connectivity index is 2.41. The van der Waals surface area contributed by atoms with Gasteiger partial charge in [-0.25, -0.2) is 9.97 Å². The molecule has 1 aromatic rings. The number of nitrogens with two attached hydrogens (primary N) is 1. The third kappa shape index (κ3) is 4.63. The van der Waals surface area contributed by atoms with Crippen molar-refractivity contribution >= 4 is 11.8 Å². The second-order valence-electron chi connectivity index (χ2n) is 4.51. The summed E-state index contributed by atoms with van der Waals surface area (Å²) >= 11 is 1.62. The molecule has 2 N–H and O–H groups in total. The van der Waals surface area contributed by atoms with E-state index in [9.17, 15) is 0 Å². The fourth-order valence-corrected chi connectivity index (χ4v) is 2.51. The van der Waals surface area contributed by atoms with E-state index in [4.69, 9.17) is 11.0 Å². The minimum absolute atomic E-state index is 0.677. The normalized spacial score (nSPS) is 13.9. The van der Waals surface area contributed by atoms with Crippen LogP contribution in [0, 0.1) is 25.2 Å². The van der Waals surface area contributed by atoms with Gasteiger partial charge in [-0.15, -0.1) is 0 Å². The predicted molar refractivity (Wildman–Crippen MR) is 74.3 cm³/mol. The number of nitriles is 1. The molecule has 5 heteroatoms. The van der Waals surface area contributed by atoms with Crippen LogP contribution in [-0.4, -0.2) is 21.3 Å². The van der Waals surface area contributed by atoms with Gasteiger partial charge in [0.2, 0.25) is 0 Å². The number of aromatic nitrogens is 2. The van der Waals surface area contributed by atoms with Crippen LogP contribution in [0.3, 0.4) is 0 Å². The van der Waals surface area contributed by atoms with Gasteiger partial charge in [0.15, 0.2) is 5.16 Å². The largest absolute Gasteiger partial charge is 0.313 e. The first-order valence-electron chi connectivity index (χ1n) is 6.14. The first-order chi connectivity index (χ1) is 8.49. The standard InChI is InChI=1S/C13H20N4S/c1-4-13(15,9-14)6-5-7-18-12-16-10(2)8-11(3)17-12/h8H,4-7,15H2,1-3H3. The molecular weight excluding hydrogens is 244 g/mol. The number of hydrogen-bond acceptors (Lipinski definition) is 5. The minimum atomic E-state index is -0.677. The number of hydrogen-bond donors (Lipinski definition) is 1. The summed E-state index contributed by atoms with van der Waals surface area (Å²) in [5, 5.41) is 9.78. The van der Waals surface area contributed by atoms with Crippen LogP contribution in [0.5, 0.6) is 0 Å². The summed E-state index contributed by atoms with van der Waals surface area (Å²) in [6, 6.07) is 4.14. The molecule has 1 unspecified atom stereocenters. The van der Waals surface area contributed by atoms with Crippen molar-refractivity contribution in [2.75, 3.05) is 5.75 Å². The second-order valence-corrected chi connectivity index (χ2v) is 5.57. The van der Waals surface area contributed by atoms with Crippen LogP contribution >= 0.6 is 11.8 Å². The molecule has 0 saturated carbocycles. The van der Waals surface area contributed by atoms with Crippen molar-refractivity contribution in [3.63, 3.8) is 0 Å². The van der Waals surface area contributed by atoms with Gasteiger partial charge in [0.1, 0.15) is 5.54 Å². The van der Waals surface area contributed by atoms with E-state index in [1.165, 1.54) is 0 Å². The zero-order chi connectivity index (χ0) is 13.6. The maximum absolute atomic E-state index is 8.97. The maximum Gasteiger partial charge on any atom is 0.187 e. The number of thioether (sulfide) groups is 1. The Kier molecular flexibility index (Phi) is 5.57. The molecule has 0 aliphatic carbocycles. The molecule has 0 spiro atoms. The molecule has 1 heterocycles. The summed E-state index contributed by atoms with van der Waals surface area (Å²) in [4.78, 5) is 8.73. The lowest BCUT2D eigenvalue weighted by Crippen LogP contribution is -2.37. The van der Waals surface area contributed by atoms with Gasteiger partial charge in [-0.2, -0.15) is 5.26 Å². The molecule has 1 atom stereocenters. The smallest absolute Gasteiger partial charge is 0.187 e. The highest BCUT2D eigenvalue weighted by Gasteiger charge is 2.20. The van der Waals surface area contributed by atoms with Crippen molar-refractivity contribution < 1.29 is 0 Å². The van der Waals surface area contributed by atoms with E-state index in [1.807, 2.05) is 26.8 Å². The summed E-state index contributed by atoms with van der Waals surface area (Å²) in [5.41, 5.74) is 7.23. The molecule has 0 aliphatic heterocycles. The van der Waals surface area contributed by atoms with E-state index < -0.39 is 5.54 Å². The Morgan fingerprint density at radius 2 is 2.00 bits per heavy atom. The average Bonchev–Trinajstić information content (AvgIpc) is 2.33. The molecule has 0 amide bonds. The molecule has 0 aliphatic rings. The Bertz CT molecular complexity index is 421. The number of nitrogens with zero attached hydrogens (tertiary/aromatic N) is 3. The monoisotopic (exact) mass is 264 g/mol. The zero-order valence-electron chi connectivity index (χ0n) is 11.2. The van der Waals surface area contributed by atoms with Crippen molar-refractivity contribution in [1.29, 1.82) is 5.26 Å². The molecular formula is C13H20N4S. The predicted octanol–water partition coefficient (Wildman–Crippen LogP) is 2.60. The van der Waals surface area contributed by atoms with E-state index >= 15 is 0 Å². The number of aryl methyl sites for hydroxylation is 2. The first-order valence-corrected chi connectivity index (χ1v) is 7.13. The van der Waals surface area contributed by atoms with Crippen molar-refractivity contribution in [3.05, 3.63) is 17.5 Å². The summed E-state index contributed by atoms with van der Waals surface area (Å²) in [6.45, 7) is 5.89. The molecule has 1 aromatic heterocycles. The summed E-state index contributed by atoms with van der Waals surface area (Å²) in [5.74, 6) is 0.892. The van der Waals surface area contributed by atoms with Crippen LogP contribution < -0.4 is 5.73 Å². The van der Waals surface area contributed by atoms with Gasteiger partial charge in [0.05, 0.1) is 6.07 Å². The summed E-state index contributed by atoms with van der Waals surface area (Å²) < 4.78 is 0. The molecule has 0 saturated heterocycles. The van der Waals surface area contributed by atoms with Gasteiger partial charge in [0.25, 0.3) is 0 Å². The lowest BCUT2D eigenvalue weighted by atomic mass is 9.94. The summed E-state index contributed by atoms with van der Waals surface area (Å²) in [7, 11) is 0. The quantitative estimate of drug-likeness (QED) is 0.485. The van der Waals surface area contributed by atoms with Crippen LogP contribution in [0.2, 0.25) is 0 Å². The van der Waals surface area contributed by atoms with Crippen molar-refractivity contribution in [2.24, 2.45) is 5.73 Å². The first kappa shape index (κ1) is 14.9. The van der Waals surface area contributed by atoms with Crippen LogP contribution in [0.4, 0.5) is 0 Å². The maximum atomic E-state index is 8.97. The van der Waals surface area contributed by atoms with E-state index in [2.05, 4.69) is 16.0 Å². The van der Waals surface area contributed by atoms with Crippen molar-refractivity contribution in [1.82, 2.24) is 9.97 Å². The Morgan fingerprint density at radius 3 is 2.50 bits per heavy atom. The number of rotatable bonds is 6. The molecule has 0 aromatic carbocycles. The zero-order valence-corrected chi connectivity index (χ0v) is 12.0. The third-order valence-corrected chi connectivity index (χ3v) is 3.75. The molecule has 4 nitrogen and oxygen atoms in total. The molecule has 0 fully saturated rings. The SMILES string of the molecule is CCC(N)(C#N)CCCSc1nc(C)cc(C)n1. The van der Waals surface area contributed by atoms with Crippen LogP contribution in [0.15, 0.2) is 11.2 Å². The van der Waals surface area contributed by atoms with Gasteiger partial charge in [-0.3, -0.25) is 0 Å². The molecule has 0 bridgehead atoms. The van der Waals surface area contributed by atoms with Gasteiger partial charge in [-0.1, -0.05) is 18.7 Å². The average molecular weight is 264 g/mol. The third-order valence-electron chi connectivity index (χ3n) is 2.81. The van der Waals surface area contributed by atoms with E-state index in [-0.39, 0.29) is 0 Å². The lowest BCUT2D eigenvalue weighted by Gasteiger charge is -2.18. The van der Waals surface area contributed by atoms with Gasteiger partial charge >= 0.3 is 0 Å². The molecule has 98 valence electrons. The van der Waals surface area contributed by atoms with Crippen molar-refractivity contribution in [2.45, 2.75) is 50.7 Å². The highest BCUT2D eigenvalue weighted by atomic mass is 32.2. The Hall–Kier alpha value is -1.12.